The van der Waals surface area contributed by atoms with Gasteiger partial charge in [-0.15, -0.1) is 11.3 Å². The fourth-order valence-electron chi connectivity index (χ4n) is 1.99. The van der Waals surface area contributed by atoms with E-state index in [0.717, 1.165) is 15.3 Å². The number of aryl methyl sites for hydroxylation is 1. The number of aromatic nitrogens is 4. The average Bonchev–Trinajstić information content (AvgIpc) is 3.10. The summed E-state index contributed by atoms with van der Waals surface area (Å²) in [6, 6.07) is 6.59. The third-order valence-electron chi connectivity index (χ3n) is 3.14. The first kappa shape index (κ1) is 15.0. The Hall–Kier alpha value is -2.87. The second kappa shape index (κ2) is 6.49. The van der Waals surface area contributed by atoms with Crippen LogP contribution in [0.3, 0.4) is 0 Å². The predicted octanol–water partition coefficient (Wildman–Crippen LogP) is 1.23. The van der Waals surface area contributed by atoms with Gasteiger partial charge in [0.15, 0.2) is 0 Å². The molecule has 8 heteroatoms. The van der Waals surface area contributed by atoms with Gasteiger partial charge in [0.2, 0.25) is 0 Å². The summed E-state index contributed by atoms with van der Waals surface area (Å²) >= 11 is 1.56. The molecule has 0 spiro atoms. The molecule has 116 valence electrons. The van der Waals surface area contributed by atoms with E-state index in [1.54, 1.807) is 23.7 Å². The van der Waals surface area contributed by atoms with Crippen LogP contribution in [0.4, 0.5) is 0 Å². The van der Waals surface area contributed by atoms with Crippen LogP contribution >= 0.6 is 11.3 Å². The molecule has 7 nitrogen and oxygen atoms in total. The summed E-state index contributed by atoms with van der Waals surface area (Å²) in [5.41, 5.74) is 1.33. The number of carbonyl (C=O) groups excluding carboxylic acids is 1. The number of carbonyl (C=O) groups is 1. The molecular formula is C15H13N5O2S. The molecule has 3 heterocycles. The topological polar surface area (TPSA) is 89.8 Å². The van der Waals surface area contributed by atoms with Crippen LogP contribution in [0.2, 0.25) is 0 Å². The molecule has 0 saturated heterocycles. The lowest BCUT2D eigenvalue weighted by Gasteiger charge is -2.08. The second-order valence-electron chi connectivity index (χ2n) is 4.69. The van der Waals surface area contributed by atoms with Crippen LogP contribution < -0.4 is 10.9 Å². The van der Waals surface area contributed by atoms with Crippen molar-refractivity contribution in [3.05, 3.63) is 63.8 Å². The third-order valence-corrected chi connectivity index (χ3v) is 4.01. The van der Waals surface area contributed by atoms with E-state index < -0.39 is 0 Å². The van der Waals surface area contributed by atoms with Crippen LogP contribution in [-0.2, 0) is 13.6 Å². The Morgan fingerprint density at radius 2 is 2.09 bits per heavy atom. The Kier molecular flexibility index (Phi) is 4.24. The van der Waals surface area contributed by atoms with Gasteiger partial charge in [0, 0.05) is 25.5 Å². The summed E-state index contributed by atoms with van der Waals surface area (Å²) < 4.78 is 1.12. The number of rotatable bonds is 4. The molecular weight excluding hydrogens is 314 g/mol. The van der Waals surface area contributed by atoms with E-state index >= 15 is 0 Å². The Bertz CT molecular complexity index is 889. The van der Waals surface area contributed by atoms with Crippen LogP contribution in [-0.4, -0.2) is 25.7 Å². The number of amides is 1. The van der Waals surface area contributed by atoms with Crippen molar-refractivity contribution in [2.24, 2.45) is 7.05 Å². The van der Waals surface area contributed by atoms with E-state index in [2.05, 4.69) is 20.4 Å². The van der Waals surface area contributed by atoms with Crippen molar-refractivity contribution in [2.75, 3.05) is 0 Å². The van der Waals surface area contributed by atoms with Crippen LogP contribution in [0.25, 0.3) is 10.6 Å². The Morgan fingerprint density at radius 1 is 1.26 bits per heavy atom. The maximum absolute atomic E-state index is 12.1. The number of hydrogen-bond donors (Lipinski definition) is 1. The maximum Gasteiger partial charge on any atom is 0.272 e. The monoisotopic (exact) mass is 327 g/mol. The van der Waals surface area contributed by atoms with Crippen molar-refractivity contribution >= 4 is 17.2 Å². The molecule has 0 aromatic carbocycles. The summed E-state index contributed by atoms with van der Waals surface area (Å²) in [7, 11) is 1.50. The predicted molar refractivity (Wildman–Crippen MR) is 86.0 cm³/mol. The van der Waals surface area contributed by atoms with Gasteiger partial charge in [-0.2, -0.15) is 5.10 Å². The van der Waals surface area contributed by atoms with Gasteiger partial charge < -0.3 is 5.32 Å². The zero-order chi connectivity index (χ0) is 16.2. The summed E-state index contributed by atoms with van der Waals surface area (Å²) in [6.07, 6.45) is 3.21. The Labute approximate surface area is 135 Å². The second-order valence-corrected chi connectivity index (χ2v) is 5.64. The van der Waals surface area contributed by atoms with E-state index in [-0.39, 0.29) is 23.7 Å². The smallest absolute Gasteiger partial charge is 0.272 e. The Morgan fingerprint density at radius 3 is 2.83 bits per heavy atom. The number of nitrogens with zero attached hydrogens (tertiary/aromatic N) is 4. The summed E-state index contributed by atoms with van der Waals surface area (Å²) in [6.45, 7) is 0.227. The van der Waals surface area contributed by atoms with Gasteiger partial charge in [-0.3, -0.25) is 19.6 Å². The van der Waals surface area contributed by atoms with Crippen molar-refractivity contribution in [1.82, 2.24) is 25.1 Å². The standard InChI is InChI=1S/C15H13N5O2S/c1-20-13(21)5-4-10(19-20)15(22)18-9-11-14(17-7-6-16-11)12-3-2-8-23-12/h2-8H,9H2,1H3,(H,18,22). The zero-order valence-corrected chi connectivity index (χ0v) is 13.1. The Balaban J connectivity index is 1.77. The van der Waals surface area contributed by atoms with Crippen molar-refractivity contribution in [3.63, 3.8) is 0 Å². The highest BCUT2D eigenvalue weighted by Crippen LogP contribution is 2.24. The van der Waals surface area contributed by atoms with Gasteiger partial charge in [-0.05, 0) is 17.5 Å². The van der Waals surface area contributed by atoms with Gasteiger partial charge in [-0.25, -0.2) is 4.68 Å². The van der Waals surface area contributed by atoms with E-state index in [9.17, 15) is 9.59 Å². The largest absolute Gasteiger partial charge is 0.345 e. The van der Waals surface area contributed by atoms with Crippen LogP contribution in [0, 0.1) is 0 Å². The van der Waals surface area contributed by atoms with Gasteiger partial charge in [-0.1, -0.05) is 6.07 Å². The molecule has 1 N–H and O–H groups in total. The van der Waals surface area contributed by atoms with Gasteiger partial charge in [0.25, 0.3) is 11.5 Å². The van der Waals surface area contributed by atoms with Gasteiger partial charge >= 0.3 is 0 Å². The molecule has 3 rings (SSSR count). The lowest BCUT2D eigenvalue weighted by molar-refractivity contribution is 0.0943. The van der Waals surface area contributed by atoms with E-state index in [1.807, 2.05) is 17.5 Å². The number of hydrogen-bond acceptors (Lipinski definition) is 6. The first-order chi connectivity index (χ1) is 11.1. The highest BCUT2D eigenvalue weighted by molar-refractivity contribution is 7.13. The minimum absolute atomic E-state index is 0.175. The van der Waals surface area contributed by atoms with E-state index in [0.29, 0.717) is 5.69 Å². The molecule has 3 aromatic rings. The van der Waals surface area contributed by atoms with Crippen molar-refractivity contribution in [2.45, 2.75) is 6.54 Å². The molecule has 23 heavy (non-hydrogen) atoms. The summed E-state index contributed by atoms with van der Waals surface area (Å²) in [4.78, 5) is 33.1. The van der Waals surface area contributed by atoms with Crippen LogP contribution in [0.1, 0.15) is 16.2 Å². The van der Waals surface area contributed by atoms with Gasteiger partial charge in [0.05, 0.1) is 17.1 Å². The minimum Gasteiger partial charge on any atom is -0.345 e. The maximum atomic E-state index is 12.1. The molecule has 0 bridgehead atoms. The molecule has 0 radical (unpaired) electrons. The fraction of sp³-hybridized carbons (Fsp3) is 0.133. The highest BCUT2D eigenvalue weighted by atomic mass is 32.1. The molecule has 0 fully saturated rings. The number of thiophene rings is 1. The van der Waals surface area contributed by atoms with Crippen molar-refractivity contribution in [1.29, 1.82) is 0 Å². The van der Waals surface area contributed by atoms with Crippen LogP contribution in [0.15, 0.2) is 46.8 Å². The molecule has 0 aliphatic heterocycles. The average molecular weight is 327 g/mol. The molecule has 1 amide bonds. The highest BCUT2D eigenvalue weighted by Gasteiger charge is 2.12. The lowest BCUT2D eigenvalue weighted by atomic mass is 10.2. The van der Waals surface area contributed by atoms with Crippen LogP contribution in [0.5, 0.6) is 0 Å². The fourth-order valence-corrected chi connectivity index (χ4v) is 2.74. The first-order valence-corrected chi connectivity index (χ1v) is 7.69. The normalized spacial score (nSPS) is 10.5. The summed E-state index contributed by atoms with van der Waals surface area (Å²) in [5.74, 6) is -0.372. The SMILES string of the molecule is Cn1nc(C(=O)NCc2nccnc2-c2cccs2)ccc1=O. The van der Waals surface area contributed by atoms with Crippen molar-refractivity contribution in [3.8, 4) is 10.6 Å². The molecule has 0 aliphatic rings. The molecule has 0 unspecified atom stereocenters. The minimum atomic E-state index is -0.372. The third kappa shape index (κ3) is 3.32. The van der Waals surface area contributed by atoms with Crippen molar-refractivity contribution < 1.29 is 4.79 Å². The van der Waals surface area contributed by atoms with E-state index in [4.69, 9.17) is 0 Å². The zero-order valence-electron chi connectivity index (χ0n) is 12.3. The molecule has 0 saturated carbocycles. The molecule has 3 aromatic heterocycles. The van der Waals surface area contributed by atoms with E-state index in [1.165, 1.54) is 19.2 Å². The summed E-state index contributed by atoms with van der Waals surface area (Å²) in [5, 5.41) is 8.62. The molecule has 0 atom stereocenters. The number of nitrogens with one attached hydrogen (secondary N) is 1. The first-order valence-electron chi connectivity index (χ1n) is 6.81. The van der Waals surface area contributed by atoms with Gasteiger partial charge in [0.1, 0.15) is 11.4 Å². The quantitative estimate of drug-likeness (QED) is 0.778. The lowest BCUT2D eigenvalue weighted by Crippen LogP contribution is -2.28. The molecule has 0 aliphatic carbocycles.